The number of sulfonamides is 1. The second kappa shape index (κ2) is 11.4. The highest BCUT2D eigenvalue weighted by Crippen LogP contribution is 2.16. The Hall–Kier alpha value is -2.50. The monoisotopic (exact) mass is 476 g/mol. The van der Waals surface area contributed by atoms with E-state index >= 15 is 0 Å². The summed E-state index contributed by atoms with van der Waals surface area (Å²) in [4.78, 5) is 12.0. The Labute approximate surface area is 184 Å². The summed E-state index contributed by atoms with van der Waals surface area (Å²) in [6.45, 7) is -1.14. The molecule has 1 amide bonds. The van der Waals surface area contributed by atoms with Gasteiger partial charge in [-0.05, 0) is 41.8 Å². The van der Waals surface area contributed by atoms with E-state index in [0.29, 0.717) is 5.56 Å². The van der Waals surface area contributed by atoms with Crippen LogP contribution in [-0.2, 0) is 32.7 Å². The van der Waals surface area contributed by atoms with E-state index in [1.54, 1.807) is 24.3 Å². The quantitative estimate of drug-likeness (QED) is 0.503. The van der Waals surface area contributed by atoms with Crippen molar-refractivity contribution in [2.75, 3.05) is 20.2 Å². The molecule has 0 fully saturated rings. The summed E-state index contributed by atoms with van der Waals surface area (Å²) in [6.07, 6.45) is -3.98. The Balaban J connectivity index is 1.71. The number of halogens is 4. The normalized spacial score (nSPS) is 12.2. The lowest BCUT2D eigenvalue weighted by atomic mass is 10.1. The Morgan fingerprint density at radius 3 is 2.22 bits per heavy atom. The summed E-state index contributed by atoms with van der Waals surface area (Å²) in [5.41, 5.74) is 1.34. The van der Waals surface area contributed by atoms with Gasteiger partial charge in [-0.2, -0.15) is 13.2 Å². The molecule has 2 aromatic rings. The smallest absolute Gasteiger partial charge is 0.367 e. The predicted octanol–water partition coefficient (Wildman–Crippen LogP) is 3.62. The van der Waals surface area contributed by atoms with E-state index < -0.39 is 28.6 Å². The first-order chi connectivity index (χ1) is 15.0. The van der Waals surface area contributed by atoms with Crippen LogP contribution >= 0.6 is 0 Å². The summed E-state index contributed by atoms with van der Waals surface area (Å²) in [6, 6.07) is 11.1. The fraction of sp³-hybridized carbons (Fsp3) is 0.381. The third kappa shape index (κ3) is 8.56. The maximum Gasteiger partial charge on any atom is 0.411 e. The zero-order valence-electron chi connectivity index (χ0n) is 17.4. The van der Waals surface area contributed by atoms with Gasteiger partial charge >= 0.3 is 6.18 Å². The van der Waals surface area contributed by atoms with Crippen LogP contribution in [0.1, 0.15) is 24.0 Å². The topological polar surface area (TPSA) is 75.7 Å². The molecule has 0 spiro atoms. The second-order valence-corrected chi connectivity index (χ2v) is 9.13. The van der Waals surface area contributed by atoms with Crippen LogP contribution < -0.4 is 5.32 Å². The number of alkyl halides is 3. The number of carbonyl (C=O) groups excluding carboxylic acids is 1. The molecule has 0 aromatic heterocycles. The van der Waals surface area contributed by atoms with E-state index in [1.807, 2.05) is 0 Å². The van der Waals surface area contributed by atoms with E-state index in [0.717, 1.165) is 22.0 Å². The Morgan fingerprint density at radius 1 is 1.03 bits per heavy atom. The highest BCUT2D eigenvalue weighted by atomic mass is 32.2. The van der Waals surface area contributed by atoms with Gasteiger partial charge in [-0.25, -0.2) is 17.1 Å². The van der Waals surface area contributed by atoms with Gasteiger partial charge < -0.3 is 10.1 Å². The van der Waals surface area contributed by atoms with Crippen molar-refractivity contribution in [2.45, 2.75) is 37.1 Å². The molecule has 0 aliphatic heterocycles. The average molecular weight is 476 g/mol. The zero-order valence-corrected chi connectivity index (χ0v) is 18.2. The third-order valence-electron chi connectivity index (χ3n) is 4.45. The molecule has 0 radical (unpaired) electrons. The van der Waals surface area contributed by atoms with E-state index in [2.05, 4.69) is 10.1 Å². The largest absolute Gasteiger partial charge is 0.411 e. The molecule has 0 aliphatic carbocycles. The number of carbonyl (C=O) groups is 1. The van der Waals surface area contributed by atoms with Crippen LogP contribution in [0.2, 0.25) is 0 Å². The lowest BCUT2D eigenvalue weighted by Gasteiger charge is -2.17. The number of hydrogen-bond acceptors (Lipinski definition) is 4. The Bertz CT molecular complexity index is 978. The molecule has 0 heterocycles. The van der Waals surface area contributed by atoms with Crippen LogP contribution in [0.5, 0.6) is 0 Å². The maximum absolute atomic E-state index is 13.0. The minimum Gasteiger partial charge on any atom is -0.367 e. The summed E-state index contributed by atoms with van der Waals surface area (Å²) in [7, 11) is -2.38. The van der Waals surface area contributed by atoms with Crippen LogP contribution in [0.4, 0.5) is 17.6 Å². The fourth-order valence-corrected chi connectivity index (χ4v) is 3.91. The lowest BCUT2D eigenvalue weighted by Crippen LogP contribution is -2.29. The lowest BCUT2D eigenvalue weighted by molar-refractivity contribution is -0.176. The van der Waals surface area contributed by atoms with Crippen LogP contribution in [0.15, 0.2) is 53.4 Å². The van der Waals surface area contributed by atoms with Gasteiger partial charge in [0.05, 0.1) is 11.5 Å². The van der Waals surface area contributed by atoms with E-state index in [1.165, 1.54) is 19.2 Å². The molecule has 176 valence electrons. The first-order valence-electron chi connectivity index (χ1n) is 9.68. The van der Waals surface area contributed by atoms with Gasteiger partial charge in [0.1, 0.15) is 12.4 Å². The molecular formula is C21H24F4N2O4S. The molecule has 0 atom stereocenters. The third-order valence-corrected chi connectivity index (χ3v) is 6.32. The van der Waals surface area contributed by atoms with Gasteiger partial charge in [-0.15, -0.1) is 0 Å². The highest BCUT2D eigenvalue weighted by molar-refractivity contribution is 7.89. The van der Waals surface area contributed by atoms with Crippen LogP contribution in [0, 0.1) is 5.82 Å². The minimum atomic E-state index is -4.37. The van der Waals surface area contributed by atoms with Crippen molar-refractivity contribution in [2.24, 2.45) is 0 Å². The van der Waals surface area contributed by atoms with Crippen molar-refractivity contribution in [3.63, 3.8) is 0 Å². The summed E-state index contributed by atoms with van der Waals surface area (Å²) in [5, 5.41) is 2.70. The molecule has 0 bridgehead atoms. The summed E-state index contributed by atoms with van der Waals surface area (Å²) < 4.78 is 79.7. The van der Waals surface area contributed by atoms with Gasteiger partial charge in [0.15, 0.2) is 0 Å². The van der Waals surface area contributed by atoms with Crippen molar-refractivity contribution < 1.29 is 35.5 Å². The Kier molecular flexibility index (Phi) is 9.17. The van der Waals surface area contributed by atoms with Crippen LogP contribution in [0.25, 0.3) is 0 Å². The zero-order chi connectivity index (χ0) is 23.8. The number of hydrogen-bond donors (Lipinski definition) is 1. The molecule has 32 heavy (non-hydrogen) atoms. The molecule has 0 saturated carbocycles. The average Bonchev–Trinajstić information content (AvgIpc) is 2.72. The van der Waals surface area contributed by atoms with E-state index in [4.69, 9.17) is 0 Å². The van der Waals surface area contributed by atoms with E-state index in [-0.39, 0.29) is 43.3 Å². The van der Waals surface area contributed by atoms with Gasteiger partial charge in [0, 0.05) is 26.6 Å². The molecule has 2 aromatic carbocycles. The van der Waals surface area contributed by atoms with Crippen molar-refractivity contribution in [3.05, 3.63) is 65.5 Å². The van der Waals surface area contributed by atoms with Crippen molar-refractivity contribution in [1.82, 2.24) is 9.62 Å². The predicted molar refractivity (Wildman–Crippen MR) is 109 cm³/mol. The highest BCUT2D eigenvalue weighted by Gasteiger charge is 2.27. The molecule has 0 unspecified atom stereocenters. The SMILES string of the molecule is CN(CCCC(=O)NCc1ccc(COCC(F)(F)F)cc1)S(=O)(=O)c1ccc(F)cc1. The number of nitrogens with zero attached hydrogens (tertiary/aromatic N) is 1. The maximum atomic E-state index is 13.0. The number of nitrogens with one attached hydrogen (secondary N) is 1. The van der Waals surface area contributed by atoms with Crippen LogP contribution in [0.3, 0.4) is 0 Å². The molecule has 0 aliphatic rings. The summed E-state index contributed by atoms with van der Waals surface area (Å²) >= 11 is 0. The molecule has 0 saturated heterocycles. The van der Waals surface area contributed by atoms with Crippen molar-refractivity contribution in [3.8, 4) is 0 Å². The van der Waals surface area contributed by atoms with Gasteiger partial charge in [-0.3, -0.25) is 4.79 Å². The minimum absolute atomic E-state index is 0.0295. The molecular weight excluding hydrogens is 452 g/mol. The summed E-state index contributed by atoms with van der Waals surface area (Å²) in [5.74, 6) is -0.803. The van der Waals surface area contributed by atoms with Crippen LogP contribution in [-0.4, -0.2) is 45.0 Å². The molecule has 11 heteroatoms. The van der Waals surface area contributed by atoms with Gasteiger partial charge in [-0.1, -0.05) is 24.3 Å². The number of benzene rings is 2. The molecule has 6 nitrogen and oxygen atoms in total. The van der Waals surface area contributed by atoms with Crippen molar-refractivity contribution in [1.29, 1.82) is 0 Å². The van der Waals surface area contributed by atoms with Crippen molar-refractivity contribution >= 4 is 15.9 Å². The van der Waals surface area contributed by atoms with Gasteiger partial charge in [0.2, 0.25) is 15.9 Å². The fourth-order valence-electron chi connectivity index (χ4n) is 2.70. The van der Waals surface area contributed by atoms with Gasteiger partial charge in [0.25, 0.3) is 0 Å². The second-order valence-electron chi connectivity index (χ2n) is 7.09. The standard InChI is InChI=1S/C21H24F4N2O4S/c1-27(32(29,30)19-10-8-18(22)9-11-19)12-2-3-20(28)26-13-16-4-6-17(7-5-16)14-31-15-21(23,24)25/h4-11H,2-3,12-15H2,1H3,(H,26,28). The number of ether oxygens (including phenoxy) is 1. The molecule has 1 N–H and O–H groups in total. The van der Waals surface area contributed by atoms with E-state index in [9.17, 15) is 30.8 Å². The first kappa shape index (κ1) is 25.8. The first-order valence-corrected chi connectivity index (χ1v) is 11.1. The molecule has 2 rings (SSSR count). The number of rotatable bonds is 11. The number of amides is 1. The Morgan fingerprint density at radius 2 is 1.62 bits per heavy atom.